The van der Waals surface area contributed by atoms with Crippen LogP contribution in [-0.2, 0) is 7.05 Å². The third kappa shape index (κ3) is 2.06. The van der Waals surface area contributed by atoms with E-state index in [-0.39, 0.29) is 29.0 Å². The largest absolute Gasteiger partial charge is 0.352 e. The Bertz CT molecular complexity index is 718. The third-order valence-electron chi connectivity index (χ3n) is 3.74. The molecule has 1 aliphatic carbocycles. The number of hydrogen-bond acceptors (Lipinski definition) is 5. The van der Waals surface area contributed by atoms with Gasteiger partial charge in [-0.2, -0.15) is 4.68 Å². The molecule has 1 aliphatic rings. The van der Waals surface area contributed by atoms with Crippen LogP contribution in [0.4, 0.5) is 0 Å². The number of amides is 1. The molecule has 1 amide bonds. The van der Waals surface area contributed by atoms with Gasteiger partial charge in [0.25, 0.3) is 5.91 Å². The average Bonchev–Trinajstić information content (AvgIpc) is 3.00. The summed E-state index contributed by atoms with van der Waals surface area (Å²) >= 11 is 0. The van der Waals surface area contributed by atoms with Gasteiger partial charge < -0.3 is 5.32 Å². The normalized spacial score (nSPS) is 22.3. The zero-order valence-corrected chi connectivity index (χ0v) is 11.4. The molecule has 2 atom stereocenters. The van der Waals surface area contributed by atoms with Gasteiger partial charge in [0, 0.05) is 13.1 Å². The highest BCUT2D eigenvalue weighted by atomic mass is 16.2. The Morgan fingerprint density at radius 2 is 2.25 bits per heavy atom. The first kappa shape index (κ1) is 12.8. The van der Waals surface area contributed by atoms with E-state index in [9.17, 15) is 9.59 Å². The van der Waals surface area contributed by atoms with Crippen LogP contribution >= 0.6 is 0 Å². The summed E-state index contributed by atoms with van der Waals surface area (Å²) in [6, 6.07) is 0.175. The van der Waals surface area contributed by atoms with Crippen LogP contribution in [0.2, 0.25) is 0 Å². The van der Waals surface area contributed by atoms with E-state index in [0.29, 0.717) is 5.92 Å². The first-order chi connectivity index (χ1) is 9.56. The SMILES string of the molecule is CC1CCC(NC(=O)c2ncn3c(=O)n(C)nnc23)C1. The Morgan fingerprint density at radius 3 is 2.95 bits per heavy atom. The molecule has 0 bridgehead atoms. The molecule has 2 heterocycles. The number of fused-ring (bicyclic) bond motifs is 1. The van der Waals surface area contributed by atoms with Crippen molar-refractivity contribution in [2.75, 3.05) is 0 Å². The molecule has 3 rings (SSSR count). The highest BCUT2D eigenvalue weighted by molar-refractivity contribution is 5.97. The van der Waals surface area contributed by atoms with Gasteiger partial charge in [0.15, 0.2) is 11.3 Å². The van der Waals surface area contributed by atoms with Gasteiger partial charge in [0.1, 0.15) is 6.33 Å². The molecule has 8 heteroatoms. The van der Waals surface area contributed by atoms with Crippen LogP contribution in [0.1, 0.15) is 36.7 Å². The molecule has 0 saturated heterocycles. The predicted molar refractivity (Wildman–Crippen MR) is 70.3 cm³/mol. The summed E-state index contributed by atoms with van der Waals surface area (Å²) in [7, 11) is 1.49. The van der Waals surface area contributed by atoms with Gasteiger partial charge in [-0.3, -0.25) is 4.79 Å². The molecule has 1 fully saturated rings. The van der Waals surface area contributed by atoms with Gasteiger partial charge in [-0.15, -0.1) is 5.10 Å². The first-order valence-electron chi connectivity index (χ1n) is 6.64. The molecule has 106 valence electrons. The maximum atomic E-state index is 12.2. The molecule has 2 aromatic heterocycles. The maximum Gasteiger partial charge on any atom is 0.352 e. The first-order valence-corrected chi connectivity index (χ1v) is 6.64. The number of nitrogens with zero attached hydrogens (tertiary/aromatic N) is 5. The van der Waals surface area contributed by atoms with Crippen molar-refractivity contribution >= 4 is 11.6 Å². The number of aryl methyl sites for hydroxylation is 1. The molecule has 0 radical (unpaired) electrons. The highest BCUT2D eigenvalue weighted by Gasteiger charge is 2.25. The Kier molecular flexibility index (Phi) is 3.00. The highest BCUT2D eigenvalue weighted by Crippen LogP contribution is 2.24. The van der Waals surface area contributed by atoms with E-state index in [0.717, 1.165) is 23.9 Å². The van der Waals surface area contributed by atoms with Crippen LogP contribution in [0.25, 0.3) is 5.65 Å². The van der Waals surface area contributed by atoms with E-state index in [1.54, 1.807) is 0 Å². The number of aromatic nitrogens is 5. The fourth-order valence-electron chi connectivity index (χ4n) is 2.63. The maximum absolute atomic E-state index is 12.2. The van der Waals surface area contributed by atoms with Crippen molar-refractivity contribution in [3.63, 3.8) is 0 Å². The molecule has 1 saturated carbocycles. The van der Waals surface area contributed by atoms with E-state index < -0.39 is 0 Å². The van der Waals surface area contributed by atoms with E-state index in [1.807, 2.05) is 0 Å². The minimum Gasteiger partial charge on any atom is -0.348 e. The second-order valence-electron chi connectivity index (χ2n) is 5.37. The molecule has 8 nitrogen and oxygen atoms in total. The van der Waals surface area contributed by atoms with E-state index in [4.69, 9.17) is 0 Å². The zero-order valence-electron chi connectivity index (χ0n) is 11.4. The molecule has 1 N–H and O–H groups in total. The summed E-state index contributed by atoms with van der Waals surface area (Å²) in [5.74, 6) is 0.334. The summed E-state index contributed by atoms with van der Waals surface area (Å²) in [6.45, 7) is 2.17. The Hall–Kier alpha value is -2.25. The van der Waals surface area contributed by atoms with Crippen molar-refractivity contribution in [3.05, 3.63) is 22.5 Å². The minimum atomic E-state index is -0.379. The standard InChI is InChI=1S/C12H16N6O2/c1-7-3-4-8(5-7)14-11(19)9-10-15-16-17(2)12(20)18(10)6-13-9/h6-8H,3-5H2,1-2H3,(H,14,19). The third-order valence-corrected chi connectivity index (χ3v) is 3.74. The van der Waals surface area contributed by atoms with Gasteiger partial charge in [-0.05, 0) is 25.2 Å². The van der Waals surface area contributed by atoms with E-state index >= 15 is 0 Å². The molecular formula is C12H16N6O2. The number of nitrogens with one attached hydrogen (secondary N) is 1. The molecule has 0 aliphatic heterocycles. The lowest BCUT2D eigenvalue weighted by Crippen LogP contribution is -2.34. The molecule has 0 spiro atoms. The summed E-state index contributed by atoms with van der Waals surface area (Å²) in [6.07, 6.45) is 4.38. The quantitative estimate of drug-likeness (QED) is 0.815. The molecule has 20 heavy (non-hydrogen) atoms. The number of carbonyl (C=O) groups excluding carboxylic acids is 1. The number of hydrogen-bond donors (Lipinski definition) is 1. The Balaban J connectivity index is 1.89. The lowest BCUT2D eigenvalue weighted by molar-refractivity contribution is 0.0934. The van der Waals surface area contributed by atoms with Gasteiger partial charge in [0.05, 0.1) is 0 Å². The van der Waals surface area contributed by atoms with Crippen molar-refractivity contribution in [3.8, 4) is 0 Å². The van der Waals surface area contributed by atoms with Crippen LogP contribution in [-0.4, -0.2) is 36.3 Å². The average molecular weight is 276 g/mol. The number of rotatable bonds is 2. The van der Waals surface area contributed by atoms with Gasteiger partial charge in [-0.1, -0.05) is 12.1 Å². The smallest absolute Gasteiger partial charge is 0.348 e. The lowest BCUT2D eigenvalue weighted by atomic mass is 10.1. The van der Waals surface area contributed by atoms with Crippen LogP contribution < -0.4 is 11.0 Å². The fourth-order valence-corrected chi connectivity index (χ4v) is 2.63. The van der Waals surface area contributed by atoms with Crippen LogP contribution in [0.5, 0.6) is 0 Å². The van der Waals surface area contributed by atoms with Gasteiger partial charge >= 0.3 is 5.69 Å². The van der Waals surface area contributed by atoms with Gasteiger partial charge in [-0.25, -0.2) is 14.2 Å². The molecule has 2 aromatic rings. The van der Waals surface area contributed by atoms with Crippen molar-refractivity contribution in [1.29, 1.82) is 0 Å². The Morgan fingerprint density at radius 1 is 1.45 bits per heavy atom. The summed E-state index contributed by atoms with van der Waals surface area (Å²) in [5, 5.41) is 10.5. The predicted octanol–water partition coefficient (Wildman–Crippen LogP) is -0.259. The van der Waals surface area contributed by atoms with Crippen LogP contribution in [0.15, 0.2) is 11.1 Å². The second kappa shape index (κ2) is 4.69. The molecule has 0 aromatic carbocycles. The summed E-state index contributed by atoms with van der Waals surface area (Å²) in [5.41, 5.74) is -0.0394. The van der Waals surface area contributed by atoms with Crippen molar-refractivity contribution < 1.29 is 4.79 Å². The molecule has 2 unspecified atom stereocenters. The van der Waals surface area contributed by atoms with Crippen LogP contribution in [0, 0.1) is 5.92 Å². The number of carbonyl (C=O) groups is 1. The zero-order chi connectivity index (χ0) is 14.3. The van der Waals surface area contributed by atoms with Crippen LogP contribution in [0.3, 0.4) is 0 Å². The van der Waals surface area contributed by atoms with E-state index in [2.05, 4.69) is 27.5 Å². The number of imidazole rings is 1. The second-order valence-corrected chi connectivity index (χ2v) is 5.37. The fraction of sp³-hybridized carbons (Fsp3) is 0.583. The monoisotopic (exact) mass is 276 g/mol. The topological polar surface area (TPSA) is 94.2 Å². The summed E-state index contributed by atoms with van der Waals surface area (Å²) in [4.78, 5) is 28.0. The van der Waals surface area contributed by atoms with Crippen molar-refractivity contribution in [2.24, 2.45) is 13.0 Å². The lowest BCUT2D eigenvalue weighted by Gasteiger charge is -2.10. The summed E-state index contributed by atoms with van der Waals surface area (Å²) < 4.78 is 2.31. The van der Waals surface area contributed by atoms with Crippen molar-refractivity contribution in [2.45, 2.75) is 32.2 Å². The Labute approximate surface area is 114 Å². The van der Waals surface area contributed by atoms with Crippen molar-refractivity contribution in [1.82, 2.24) is 29.7 Å². The molecular weight excluding hydrogens is 260 g/mol. The minimum absolute atomic E-state index is 0.148. The van der Waals surface area contributed by atoms with E-state index in [1.165, 1.54) is 17.8 Å². The van der Waals surface area contributed by atoms with Gasteiger partial charge in [0.2, 0.25) is 0 Å².